The van der Waals surface area contributed by atoms with E-state index in [9.17, 15) is 10.1 Å². The molecule has 7 heteroatoms. The lowest BCUT2D eigenvalue weighted by molar-refractivity contribution is -0.384. The van der Waals surface area contributed by atoms with Crippen molar-refractivity contribution in [1.82, 2.24) is 10.2 Å². The van der Waals surface area contributed by atoms with E-state index in [2.05, 4.69) is 47.1 Å². The van der Waals surface area contributed by atoms with Gasteiger partial charge in [-0.05, 0) is 50.5 Å². The zero-order valence-electron chi connectivity index (χ0n) is 15.3. The minimum Gasteiger partial charge on any atom is -0.418 e. The number of non-ortho nitro benzene ring substituents is 1. The lowest BCUT2D eigenvalue weighted by Crippen LogP contribution is -2.32. The molecular weight excluding hydrogens is 344 g/mol. The van der Waals surface area contributed by atoms with E-state index in [-0.39, 0.29) is 11.7 Å². The van der Waals surface area contributed by atoms with E-state index >= 15 is 0 Å². The third-order valence-electron chi connectivity index (χ3n) is 4.98. The normalized spacial score (nSPS) is 14.7. The summed E-state index contributed by atoms with van der Waals surface area (Å²) in [6.07, 6.45) is 2.17. The molecule has 0 saturated heterocycles. The summed E-state index contributed by atoms with van der Waals surface area (Å²) in [6.45, 7) is 5.10. The molecule has 1 atom stereocenters. The van der Waals surface area contributed by atoms with Gasteiger partial charge in [-0.1, -0.05) is 17.7 Å². The number of nitro benzene ring substituents is 1. The number of hydrogen-bond donors (Lipinski definition) is 0. The molecule has 0 fully saturated rings. The quantitative estimate of drug-likeness (QED) is 0.502. The highest BCUT2D eigenvalue weighted by molar-refractivity contribution is 5.58. The van der Waals surface area contributed by atoms with Crippen LogP contribution in [0.1, 0.15) is 36.4 Å². The van der Waals surface area contributed by atoms with Crippen LogP contribution in [0.5, 0.6) is 0 Å². The first-order valence-electron chi connectivity index (χ1n) is 8.97. The van der Waals surface area contributed by atoms with Crippen LogP contribution in [0, 0.1) is 17.0 Å². The fourth-order valence-electron chi connectivity index (χ4n) is 3.54. The fourth-order valence-corrected chi connectivity index (χ4v) is 3.54. The maximum atomic E-state index is 10.8. The van der Waals surface area contributed by atoms with Crippen LogP contribution in [0.15, 0.2) is 46.9 Å². The third kappa shape index (κ3) is 3.28. The van der Waals surface area contributed by atoms with E-state index in [4.69, 9.17) is 4.42 Å². The lowest BCUT2D eigenvalue weighted by atomic mass is 9.98. The second kappa shape index (κ2) is 6.83. The van der Waals surface area contributed by atoms with E-state index in [0.717, 1.165) is 19.4 Å². The molecule has 7 nitrogen and oxygen atoms in total. The molecule has 4 rings (SSSR count). The molecule has 2 heterocycles. The van der Waals surface area contributed by atoms with Crippen LogP contribution in [-0.4, -0.2) is 21.7 Å². The molecule has 0 amide bonds. The number of aryl methyl sites for hydroxylation is 2. The predicted molar refractivity (Wildman–Crippen MR) is 102 cm³/mol. The number of nitro groups is 1. The van der Waals surface area contributed by atoms with Crippen molar-refractivity contribution in [1.29, 1.82) is 0 Å². The molecule has 2 aromatic carbocycles. The summed E-state index contributed by atoms with van der Waals surface area (Å²) >= 11 is 0. The van der Waals surface area contributed by atoms with Crippen molar-refractivity contribution in [3.8, 4) is 11.5 Å². The lowest BCUT2D eigenvalue weighted by Gasteiger charge is -2.34. The Morgan fingerprint density at radius 2 is 1.96 bits per heavy atom. The number of hydrogen-bond acceptors (Lipinski definition) is 6. The molecule has 1 aliphatic rings. The van der Waals surface area contributed by atoms with Crippen molar-refractivity contribution in [2.45, 2.75) is 32.7 Å². The molecule has 0 radical (unpaired) electrons. The summed E-state index contributed by atoms with van der Waals surface area (Å²) in [7, 11) is 0. The Morgan fingerprint density at radius 1 is 1.19 bits per heavy atom. The number of aromatic nitrogens is 2. The van der Waals surface area contributed by atoms with Crippen LogP contribution in [-0.2, 0) is 6.42 Å². The standard InChI is InChI=1S/C20H20N4O3/c1-13-5-10-18-16(12-13)4-3-11-23(18)14(2)19-21-22-20(27-19)15-6-8-17(9-7-15)24(25)26/h5-10,12,14H,3-4,11H2,1-2H3/t14-/m1/s1. The van der Waals surface area contributed by atoms with E-state index in [0.29, 0.717) is 17.3 Å². The van der Waals surface area contributed by atoms with Gasteiger partial charge in [0.25, 0.3) is 5.69 Å². The van der Waals surface area contributed by atoms with E-state index < -0.39 is 4.92 Å². The summed E-state index contributed by atoms with van der Waals surface area (Å²) in [5.74, 6) is 0.907. The van der Waals surface area contributed by atoms with Gasteiger partial charge < -0.3 is 9.32 Å². The monoisotopic (exact) mass is 364 g/mol. The van der Waals surface area contributed by atoms with Gasteiger partial charge in [0.1, 0.15) is 6.04 Å². The van der Waals surface area contributed by atoms with Crippen LogP contribution in [0.4, 0.5) is 11.4 Å². The second-order valence-corrected chi connectivity index (χ2v) is 6.85. The smallest absolute Gasteiger partial charge is 0.269 e. The van der Waals surface area contributed by atoms with E-state index in [1.807, 2.05) is 0 Å². The molecule has 0 aliphatic carbocycles. The highest BCUT2D eigenvalue weighted by Gasteiger charge is 2.26. The van der Waals surface area contributed by atoms with Gasteiger partial charge in [-0.2, -0.15) is 0 Å². The topological polar surface area (TPSA) is 85.3 Å². The largest absolute Gasteiger partial charge is 0.418 e. The SMILES string of the molecule is Cc1ccc2c(c1)CCCN2[C@H](C)c1nnc(-c2ccc([N+](=O)[O-])cc2)o1. The molecule has 0 bridgehead atoms. The summed E-state index contributed by atoms with van der Waals surface area (Å²) in [5, 5.41) is 19.1. The van der Waals surface area contributed by atoms with Crippen molar-refractivity contribution in [2.24, 2.45) is 0 Å². The van der Waals surface area contributed by atoms with Crippen LogP contribution in [0.2, 0.25) is 0 Å². The Kier molecular flexibility index (Phi) is 4.35. The van der Waals surface area contributed by atoms with Crippen molar-refractivity contribution in [2.75, 3.05) is 11.4 Å². The summed E-state index contributed by atoms with van der Waals surface area (Å²) in [4.78, 5) is 12.7. The summed E-state index contributed by atoms with van der Waals surface area (Å²) in [6, 6.07) is 12.6. The van der Waals surface area contributed by atoms with Crippen LogP contribution >= 0.6 is 0 Å². The minimum absolute atomic E-state index is 0.0343. The zero-order valence-corrected chi connectivity index (χ0v) is 15.3. The maximum Gasteiger partial charge on any atom is 0.269 e. The Labute approximate surface area is 156 Å². The molecule has 3 aromatic rings. The first kappa shape index (κ1) is 17.2. The second-order valence-electron chi connectivity index (χ2n) is 6.85. The highest BCUT2D eigenvalue weighted by Crippen LogP contribution is 2.35. The number of nitrogens with zero attached hydrogens (tertiary/aromatic N) is 4. The summed E-state index contributed by atoms with van der Waals surface area (Å²) in [5.41, 5.74) is 4.53. The number of benzene rings is 2. The van der Waals surface area contributed by atoms with Crippen LogP contribution < -0.4 is 4.90 Å². The number of rotatable bonds is 4. The molecular formula is C20H20N4O3. The number of anilines is 1. The van der Waals surface area contributed by atoms with Crippen LogP contribution in [0.25, 0.3) is 11.5 Å². The average Bonchev–Trinajstić information content (AvgIpc) is 3.17. The average molecular weight is 364 g/mol. The Hall–Kier alpha value is -3.22. The predicted octanol–water partition coefficient (Wildman–Crippen LogP) is 4.47. The minimum atomic E-state index is -0.430. The van der Waals surface area contributed by atoms with Gasteiger partial charge in [-0.25, -0.2) is 0 Å². The first-order chi connectivity index (χ1) is 13.0. The number of fused-ring (bicyclic) bond motifs is 1. The molecule has 0 spiro atoms. The van der Waals surface area contributed by atoms with Crippen LogP contribution in [0.3, 0.4) is 0 Å². The molecule has 0 saturated carbocycles. The van der Waals surface area contributed by atoms with Crippen molar-refractivity contribution < 1.29 is 9.34 Å². The van der Waals surface area contributed by atoms with Gasteiger partial charge in [0.15, 0.2) is 0 Å². The maximum absolute atomic E-state index is 10.8. The Bertz CT molecular complexity index is 981. The first-order valence-corrected chi connectivity index (χ1v) is 8.97. The van der Waals surface area contributed by atoms with Gasteiger partial charge in [0, 0.05) is 29.9 Å². The van der Waals surface area contributed by atoms with Gasteiger partial charge in [0.2, 0.25) is 11.8 Å². The van der Waals surface area contributed by atoms with Gasteiger partial charge in [-0.3, -0.25) is 10.1 Å². The third-order valence-corrected chi connectivity index (χ3v) is 4.98. The van der Waals surface area contributed by atoms with Crippen molar-refractivity contribution in [3.63, 3.8) is 0 Å². The molecule has 138 valence electrons. The Morgan fingerprint density at radius 3 is 2.70 bits per heavy atom. The molecule has 1 aliphatic heterocycles. The zero-order chi connectivity index (χ0) is 19.0. The van der Waals surface area contributed by atoms with E-state index in [1.165, 1.54) is 28.9 Å². The van der Waals surface area contributed by atoms with Gasteiger partial charge >= 0.3 is 0 Å². The molecule has 1 aromatic heterocycles. The van der Waals surface area contributed by atoms with E-state index in [1.54, 1.807) is 12.1 Å². The van der Waals surface area contributed by atoms with Crippen molar-refractivity contribution in [3.05, 3.63) is 69.6 Å². The fraction of sp³-hybridized carbons (Fsp3) is 0.300. The van der Waals surface area contributed by atoms with Crippen molar-refractivity contribution >= 4 is 11.4 Å². The van der Waals surface area contributed by atoms with Gasteiger partial charge in [-0.15, -0.1) is 10.2 Å². The van der Waals surface area contributed by atoms with Gasteiger partial charge in [0.05, 0.1) is 4.92 Å². The molecule has 0 unspecified atom stereocenters. The highest BCUT2D eigenvalue weighted by atomic mass is 16.6. The summed E-state index contributed by atoms with van der Waals surface area (Å²) < 4.78 is 5.89. The molecule has 0 N–H and O–H groups in total. The molecule has 27 heavy (non-hydrogen) atoms. The Balaban J connectivity index is 1.59.